The van der Waals surface area contributed by atoms with E-state index in [0.29, 0.717) is 30.3 Å². The Morgan fingerprint density at radius 1 is 1.53 bits per heavy atom. The zero-order valence-corrected chi connectivity index (χ0v) is 10.7. The van der Waals surface area contributed by atoms with Gasteiger partial charge in [0, 0.05) is 6.04 Å². The van der Waals surface area contributed by atoms with Crippen molar-refractivity contribution in [1.29, 1.82) is 0 Å². The Labute approximate surface area is 111 Å². The molecule has 1 fully saturated rings. The molecule has 0 spiro atoms. The van der Waals surface area contributed by atoms with Gasteiger partial charge in [0.05, 0.1) is 26.7 Å². The number of carboxylic acids is 1. The number of hydrogen-bond donors (Lipinski definition) is 2. The largest absolute Gasteiger partial charge is 0.493 e. The normalized spacial score (nSPS) is 16.5. The minimum Gasteiger partial charge on any atom is -0.493 e. The predicted molar refractivity (Wildman–Crippen MR) is 67.4 cm³/mol. The van der Waals surface area contributed by atoms with E-state index in [2.05, 4.69) is 0 Å². The van der Waals surface area contributed by atoms with Crippen LogP contribution in [0.4, 0.5) is 0 Å². The van der Waals surface area contributed by atoms with E-state index in [9.17, 15) is 4.79 Å². The standard InChI is InChI=1S/C13H17NO5/c1-17-12-4-8(10(14)5-13(15)16)2-3-11(12)19-9-6-18-7-9/h2-4,9-10H,5-7,14H2,1H3,(H,15,16). The van der Waals surface area contributed by atoms with E-state index in [1.54, 1.807) is 18.2 Å². The number of methoxy groups -OCH3 is 1. The Morgan fingerprint density at radius 2 is 2.26 bits per heavy atom. The summed E-state index contributed by atoms with van der Waals surface area (Å²) in [7, 11) is 1.53. The molecule has 6 heteroatoms. The van der Waals surface area contributed by atoms with Crippen molar-refractivity contribution in [2.24, 2.45) is 5.73 Å². The van der Waals surface area contributed by atoms with Crippen LogP contribution in [0, 0.1) is 0 Å². The minimum absolute atomic E-state index is 0.0486. The molecule has 19 heavy (non-hydrogen) atoms. The Hall–Kier alpha value is -1.79. The second-order valence-electron chi connectivity index (χ2n) is 4.39. The van der Waals surface area contributed by atoms with Crippen LogP contribution in [-0.4, -0.2) is 37.5 Å². The van der Waals surface area contributed by atoms with Gasteiger partial charge in [0.2, 0.25) is 0 Å². The highest BCUT2D eigenvalue weighted by Crippen LogP contribution is 2.32. The third-order valence-corrected chi connectivity index (χ3v) is 2.91. The summed E-state index contributed by atoms with van der Waals surface area (Å²) < 4.78 is 16.0. The van der Waals surface area contributed by atoms with Crippen LogP contribution in [0.1, 0.15) is 18.0 Å². The maximum Gasteiger partial charge on any atom is 0.305 e. The highest BCUT2D eigenvalue weighted by Gasteiger charge is 2.22. The third-order valence-electron chi connectivity index (χ3n) is 2.91. The smallest absolute Gasteiger partial charge is 0.305 e. The monoisotopic (exact) mass is 267 g/mol. The average Bonchev–Trinajstić information content (AvgIpc) is 2.32. The number of nitrogens with two attached hydrogens (primary N) is 1. The molecule has 0 saturated carbocycles. The Morgan fingerprint density at radius 3 is 2.79 bits per heavy atom. The molecule has 3 N–H and O–H groups in total. The van der Waals surface area contributed by atoms with Gasteiger partial charge in [-0.3, -0.25) is 4.79 Å². The topological polar surface area (TPSA) is 91.0 Å². The van der Waals surface area contributed by atoms with Crippen LogP contribution < -0.4 is 15.2 Å². The maximum atomic E-state index is 10.6. The van der Waals surface area contributed by atoms with Gasteiger partial charge in [0.15, 0.2) is 11.5 Å². The first-order valence-corrected chi connectivity index (χ1v) is 6.00. The highest BCUT2D eigenvalue weighted by atomic mass is 16.6. The maximum absolute atomic E-state index is 10.6. The van der Waals surface area contributed by atoms with Crippen LogP contribution in [-0.2, 0) is 9.53 Å². The Kier molecular flexibility index (Phi) is 4.24. The molecule has 1 aromatic carbocycles. The number of aliphatic carboxylic acids is 1. The van der Waals surface area contributed by atoms with Crippen LogP contribution in [0.15, 0.2) is 18.2 Å². The predicted octanol–water partition coefficient (Wildman–Crippen LogP) is 0.947. The van der Waals surface area contributed by atoms with Gasteiger partial charge in [-0.25, -0.2) is 0 Å². The summed E-state index contributed by atoms with van der Waals surface area (Å²) in [5.74, 6) is 0.228. The van der Waals surface area contributed by atoms with E-state index >= 15 is 0 Å². The van der Waals surface area contributed by atoms with E-state index in [-0.39, 0.29) is 12.5 Å². The molecule has 1 aliphatic rings. The Balaban J connectivity index is 2.12. The number of ether oxygens (including phenoxy) is 3. The van der Waals surface area contributed by atoms with Gasteiger partial charge in [0.1, 0.15) is 6.10 Å². The molecule has 1 atom stereocenters. The highest BCUT2D eigenvalue weighted by molar-refractivity contribution is 5.68. The Bertz CT molecular complexity index is 458. The number of carboxylic acid groups (broad SMARTS) is 1. The lowest BCUT2D eigenvalue weighted by molar-refractivity contribution is -0.137. The molecule has 0 amide bonds. The molecular formula is C13H17NO5. The molecule has 6 nitrogen and oxygen atoms in total. The molecule has 1 saturated heterocycles. The fourth-order valence-electron chi connectivity index (χ4n) is 1.78. The van der Waals surface area contributed by atoms with Gasteiger partial charge in [-0.15, -0.1) is 0 Å². The minimum atomic E-state index is -0.932. The quantitative estimate of drug-likeness (QED) is 0.797. The zero-order valence-electron chi connectivity index (χ0n) is 10.7. The van der Waals surface area contributed by atoms with Gasteiger partial charge in [-0.2, -0.15) is 0 Å². The number of hydrogen-bond acceptors (Lipinski definition) is 5. The van der Waals surface area contributed by atoms with Crippen molar-refractivity contribution in [3.05, 3.63) is 23.8 Å². The molecule has 0 radical (unpaired) electrons. The van der Waals surface area contributed by atoms with Gasteiger partial charge in [0.25, 0.3) is 0 Å². The second-order valence-corrected chi connectivity index (χ2v) is 4.39. The van der Waals surface area contributed by atoms with E-state index in [4.69, 9.17) is 25.1 Å². The number of carbonyl (C=O) groups is 1. The molecule has 1 aromatic rings. The molecule has 1 unspecified atom stereocenters. The van der Waals surface area contributed by atoms with Crippen molar-refractivity contribution in [2.45, 2.75) is 18.6 Å². The van der Waals surface area contributed by atoms with Crippen molar-refractivity contribution >= 4 is 5.97 Å². The number of rotatable bonds is 6. The summed E-state index contributed by atoms with van der Waals surface area (Å²) in [4.78, 5) is 10.6. The fraction of sp³-hybridized carbons (Fsp3) is 0.462. The molecule has 1 heterocycles. The van der Waals surface area contributed by atoms with Crippen molar-refractivity contribution in [1.82, 2.24) is 0 Å². The van der Waals surface area contributed by atoms with Crippen molar-refractivity contribution in [3.63, 3.8) is 0 Å². The van der Waals surface area contributed by atoms with Crippen LogP contribution >= 0.6 is 0 Å². The molecule has 2 rings (SSSR count). The fourth-order valence-corrected chi connectivity index (χ4v) is 1.78. The van der Waals surface area contributed by atoms with Crippen molar-refractivity contribution in [3.8, 4) is 11.5 Å². The second kappa shape index (κ2) is 5.90. The molecule has 0 bridgehead atoms. The SMILES string of the molecule is COc1cc(C(N)CC(=O)O)ccc1OC1COC1. The van der Waals surface area contributed by atoms with E-state index < -0.39 is 12.0 Å². The summed E-state index contributed by atoms with van der Waals surface area (Å²) in [6, 6.07) is 4.65. The summed E-state index contributed by atoms with van der Waals surface area (Å²) in [5.41, 5.74) is 6.52. The first-order valence-electron chi connectivity index (χ1n) is 6.00. The van der Waals surface area contributed by atoms with Gasteiger partial charge in [-0.1, -0.05) is 6.07 Å². The average molecular weight is 267 g/mol. The van der Waals surface area contributed by atoms with Crippen molar-refractivity contribution < 1.29 is 24.1 Å². The molecule has 0 aliphatic carbocycles. The first-order chi connectivity index (χ1) is 9.10. The van der Waals surface area contributed by atoms with Crippen LogP contribution in [0.3, 0.4) is 0 Å². The summed E-state index contributed by atoms with van der Waals surface area (Å²) in [5, 5.41) is 8.73. The van der Waals surface area contributed by atoms with Crippen LogP contribution in [0.25, 0.3) is 0 Å². The summed E-state index contributed by atoms with van der Waals surface area (Å²) >= 11 is 0. The number of benzene rings is 1. The van der Waals surface area contributed by atoms with Gasteiger partial charge < -0.3 is 25.1 Å². The lowest BCUT2D eigenvalue weighted by Gasteiger charge is -2.27. The summed E-state index contributed by atoms with van der Waals surface area (Å²) in [6.07, 6.45) is -0.0766. The lowest BCUT2D eigenvalue weighted by Crippen LogP contribution is -2.38. The van der Waals surface area contributed by atoms with E-state index in [1.165, 1.54) is 7.11 Å². The summed E-state index contributed by atoms with van der Waals surface area (Å²) in [6.45, 7) is 1.15. The lowest BCUT2D eigenvalue weighted by atomic mass is 10.0. The van der Waals surface area contributed by atoms with Crippen LogP contribution in [0.2, 0.25) is 0 Å². The molecule has 0 aromatic heterocycles. The molecular weight excluding hydrogens is 250 g/mol. The van der Waals surface area contributed by atoms with E-state index in [0.717, 1.165) is 0 Å². The first kappa shape index (κ1) is 13.6. The zero-order chi connectivity index (χ0) is 13.8. The van der Waals surface area contributed by atoms with Crippen molar-refractivity contribution in [2.75, 3.05) is 20.3 Å². The molecule has 104 valence electrons. The van der Waals surface area contributed by atoms with Gasteiger partial charge in [-0.05, 0) is 17.7 Å². The molecule has 1 aliphatic heterocycles. The van der Waals surface area contributed by atoms with Gasteiger partial charge >= 0.3 is 5.97 Å². The van der Waals surface area contributed by atoms with Crippen LogP contribution in [0.5, 0.6) is 11.5 Å². The van der Waals surface area contributed by atoms with E-state index in [1.807, 2.05) is 0 Å². The third kappa shape index (κ3) is 3.36.